The molecule has 7 heteroatoms. The summed E-state index contributed by atoms with van der Waals surface area (Å²) in [6.07, 6.45) is 3.44. The van der Waals surface area contributed by atoms with Gasteiger partial charge in [0.15, 0.2) is 0 Å². The number of carbonyl (C=O) groups is 3. The van der Waals surface area contributed by atoms with E-state index in [9.17, 15) is 14.4 Å². The minimum Gasteiger partial charge on any atom is -0.478 e. The number of fused-ring (bicyclic) bond motifs is 3. The molecule has 0 saturated heterocycles. The molecule has 0 heterocycles. The first-order valence-corrected chi connectivity index (χ1v) is 15.7. The van der Waals surface area contributed by atoms with Crippen molar-refractivity contribution in [3.63, 3.8) is 0 Å². The van der Waals surface area contributed by atoms with Crippen LogP contribution in [-0.2, 0) is 21.7 Å². The van der Waals surface area contributed by atoms with Gasteiger partial charge in [0, 0.05) is 21.7 Å². The number of hydrogen-bond donors (Lipinski definition) is 3. The molecule has 0 spiro atoms. The summed E-state index contributed by atoms with van der Waals surface area (Å²) in [5.41, 5.74) is 5.47. The molecule has 1 aliphatic carbocycles. The maximum Gasteiger partial charge on any atom is 0.336 e. The van der Waals surface area contributed by atoms with Crippen LogP contribution in [-0.4, -0.2) is 33.2 Å². The second-order valence-electron chi connectivity index (χ2n) is 12.1. The first-order valence-electron chi connectivity index (χ1n) is 15.7. The van der Waals surface area contributed by atoms with E-state index in [2.05, 4.69) is 40.7 Å². The van der Waals surface area contributed by atoms with Gasteiger partial charge < -0.3 is 15.3 Å². The van der Waals surface area contributed by atoms with Crippen LogP contribution in [0, 0.1) is 11.5 Å². The molecule has 6 nitrogen and oxygen atoms in total. The quantitative estimate of drug-likeness (QED) is 0.125. The third-order valence-corrected chi connectivity index (χ3v) is 8.62. The van der Waals surface area contributed by atoms with E-state index < -0.39 is 17.9 Å². The van der Waals surface area contributed by atoms with Gasteiger partial charge in [-0.1, -0.05) is 142 Å². The summed E-state index contributed by atoms with van der Waals surface area (Å²) in [7, 11) is 0. The zero-order valence-corrected chi connectivity index (χ0v) is 30.3. The van der Waals surface area contributed by atoms with Crippen LogP contribution in [0.25, 0.3) is 32.3 Å². The Balaban J connectivity index is 0.000000180. The average Bonchev–Trinajstić information content (AvgIpc) is 3.28. The SMILES string of the molecule is CC1=[C-]C(C)(C)C(C)=C1C.O=C(O)c1cccc2ccccc12.O=C(O)c1cccc2ccccc12.O=C(O)c1cccc2ccccc12.[Ti]. The predicted molar refractivity (Wildman–Crippen MR) is 197 cm³/mol. The number of rotatable bonds is 3. The van der Waals surface area contributed by atoms with Crippen LogP contribution in [0.4, 0.5) is 0 Å². The van der Waals surface area contributed by atoms with Gasteiger partial charge in [-0.25, -0.2) is 20.0 Å². The number of aromatic carboxylic acids is 3. The summed E-state index contributed by atoms with van der Waals surface area (Å²) in [5, 5.41) is 31.9. The molecule has 0 fully saturated rings. The van der Waals surface area contributed by atoms with Crippen molar-refractivity contribution in [3.8, 4) is 0 Å². The smallest absolute Gasteiger partial charge is 0.336 e. The number of benzene rings is 6. The number of carboxylic acids is 3. The Hall–Kier alpha value is -5.30. The van der Waals surface area contributed by atoms with Crippen molar-refractivity contribution in [2.45, 2.75) is 34.6 Å². The Labute approximate surface area is 307 Å². The van der Waals surface area contributed by atoms with Crippen LogP contribution in [0.3, 0.4) is 0 Å². The van der Waals surface area contributed by atoms with E-state index in [4.69, 9.17) is 15.3 Å². The van der Waals surface area contributed by atoms with E-state index in [0.29, 0.717) is 16.7 Å². The van der Waals surface area contributed by atoms with E-state index >= 15 is 0 Å². The summed E-state index contributed by atoms with van der Waals surface area (Å²) >= 11 is 0. The molecule has 0 aliphatic heterocycles. The minimum atomic E-state index is -0.878. The van der Waals surface area contributed by atoms with Crippen molar-refractivity contribution in [1.82, 2.24) is 0 Å². The summed E-state index contributed by atoms with van der Waals surface area (Å²) in [6, 6.07) is 38.2. The van der Waals surface area contributed by atoms with Crippen LogP contribution in [0.1, 0.15) is 65.7 Å². The van der Waals surface area contributed by atoms with E-state index in [1.807, 2.05) is 91.0 Å². The molecule has 0 saturated carbocycles. The Morgan fingerprint density at radius 3 is 0.980 bits per heavy atom. The van der Waals surface area contributed by atoms with Gasteiger partial charge in [-0.3, -0.25) is 6.08 Å². The van der Waals surface area contributed by atoms with E-state index in [1.165, 1.54) is 16.7 Å². The third-order valence-electron chi connectivity index (χ3n) is 8.62. The first kappa shape index (κ1) is 39.1. The van der Waals surface area contributed by atoms with Gasteiger partial charge in [-0.15, -0.1) is 6.92 Å². The molecular formula is C43H39O6Ti-. The number of carboxylic acid groups (broad SMARTS) is 3. The van der Waals surface area contributed by atoms with Crippen LogP contribution in [0.15, 0.2) is 144 Å². The van der Waals surface area contributed by atoms with Gasteiger partial charge in [0.1, 0.15) is 0 Å². The van der Waals surface area contributed by atoms with Crippen molar-refractivity contribution < 1.29 is 51.4 Å². The topological polar surface area (TPSA) is 112 Å². The molecule has 50 heavy (non-hydrogen) atoms. The molecule has 3 N–H and O–H groups in total. The zero-order chi connectivity index (χ0) is 35.7. The molecular weight excluding hydrogens is 660 g/mol. The molecule has 0 atom stereocenters. The van der Waals surface area contributed by atoms with Crippen LogP contribution >= 0.6 is 0 Å². The Morgan fingerprint density at radius 2 is 0.760 bits per heavy atom. The fourth-order valence-corrected chi connectivity index (χ4v) is 5.64. The standard InChI is InChI=1S/3C11H8O2.C10H15.Ti/c3*12-11(13)10-7-3-5-8-4-1-2-6-9(8)10;1-7-6-10(4,5)9(3)8(7)2;/h3*1-7H,(H,12,13);1-5H3;/q;;;-1;. The van der Waals surface area contributed by atoms with Gasteiger partial charge in [0.2, 0.25) is 0 Å². The summed E-state index contributed by atoms with van der Waals surface area (Å²) in [6.45, 7) is 10.9. The van der Waals surface area contributed by atoms with E-state index in [-0.39, 0.29) is 27.1 Å². The van der Waals surface area contributed by atoms with Crippen molar-refractivity contribution in [2.24, 2.45) is 5.41 Å². The third kappa shape index (κ3) is 9.44. The van der Waals surface area contributed by atoms with Crippen molar-refractivity contribution in [2.75, 3.05) is 0 Å². The van der Waals surface area contributed by atoms with Gasteiger partial charge in [-0.2, -0.15) is 11.1 Å². The van der Waals surface area contributed by atoms with Crippen LogP contribution < -0.4 is 0 Å². The Bertz CT molecular complexity index is 2000. The second kappa shape index (κ2) is 17.4. The van der Waals surface area contributed by atoms with Gasteiger partial charge in [-0.05, 0) is 50.5 Å². The molecule has 6 aromatic rings. The van der Waals surface area contributed by atoms with Gasteiger partial charge in [0.25, 0.3) is 0 Å². The molecule has 0 amide bonds. The molecule has 0 unspecified atom stereocenters. The maximum absolute atomic E-state index is 10.8. The van der Waals surface area contributed by atoms with E-state index in [1.54, 1.807) is 36.4 Å². The largest absolute Gasteiger partial charge is 0.478 e. The zero-order valence-electron chi connectivity index (χ0n) is 28.7. The van der Waals surface area contributed by atoms with Crippen molar-refractivity contribution in [1.29, 1.82) is 0 Å². The molecule has 0 aromatic heterocycles. The molecule has 252 valence electrons. The Morgan fingerprint density at radius 1 is 0.480 bits per heavy atom. The number of hydrogen-bond acceptors (Lipinski definition) is 3. The molecule has 6 aromatic carbocycles. The van der Waals surface area contributed by atoms with Crippen LogP contribution in [0.5, 0.6) is 0 Å². The predicted octanol–water partition coefficient (Wildman–Crippen LogP) is 10.7. The fourth-order valence-electron chi connectivity index (χ4n) is 5.64. The maximum atomic E-state index is 10.8. The van der Waals surface area contributed by atoms with Crippen molar-refractivity contribution in [3.05, 3.63) is 167 Å². The summed E-state index contributed by atoms with van der Waals surface area (Å²) < 4.78 is 0. The molecule has 0 radical (unpaired) electrons. The molecule has 1 aliphatic rings. The van der Waals surface area contributed by atoms with Gasteiger partial charge in [0.05, 0.1) is 16.7 Å². The first-order chi connectivity index (χ1) is 23.3. The molecule has 0 bridgehead atoms. The van der Waals surface area contributed by atoms with Crippen LogP contribution in [0.2, 0.25) is 0 Å². The molecule has 7 rings (SSSR count). The normalized spacial score (nSPS) is 12.6. The number of allylic oxidation sites excluding steroid dienone is 4. The van der Waals surface area contributed by atoms with Crippen molar-refractivity contribution >= 4 is 50.2 Å². The average molecular weight is 700 g/mol. The Kier molecular flexibility index (Phi) is 13.6. The monoisotopic (exact) mass is 699 g/mol. The summed E-state index contributed by atoms with van der Waals surface area (Å²) in [4.78, 5) is 32.4. The fraction of sp³-hybridized carbons (Fsp3) is 0.140. The van der Waals surface area contributed by atoms with Gasteiger partial charge >= 0.3 is 17.9 Å². The minimum absolute atomic E-state index is 0. The second-order valence-corrected chi connectivity index (χ2v) is 12.1. The van der Waals surface area contributed by atoms with E-state index in [0.717, 1.165) is 32.3 Å². The summed E-state index contributed by atoms with van der Waals surface area (Å²) in [5.74, 6) is -2.63.